The molecule has 0 bridgehead atoms. The van der Waals surface area contributed by atoms with Crippen molar-refractivity contribution in [2.45, 2.75) is 19.2 Å². The fourth-order valence-corrected chi connectivity index (χ4v) is 1.69. The minimum atomic E-state index is -4.43. The molecule has 6 nitrogen and oxygen atoms in total. The van der Waals surface area contributed by atoms with Crippen molar-refractivity contribution in [3.63, 3.8) is 0 Å². The summed E-state index contributed by atoms with van der Waals surface area (Å²) in [6.45, 7) is 1.42. The molecule has 0 saturated heterocycles. The third-order valence-corrected chi connectivity index (χ3v) is 3.02. The van der Waals surface area contributed by atoms with Gasteiger partial charge in [0, 0.05) is 6.20 Å². The van der Waals surface area contributed by atoms with Gasteiger partial charge in [-0.1, -0.05) is 0 Å². The number of pyridine rings is 1. The van der Waals surface area contributed by atoms with Crippen LogP contribution in [0.15, 0.2) is 47.7 Å². The van der Waals surface area contributed by atoms with Gasteiger partial charge in [-0.15, -0.1) is 0 Å². The van der Waals surface area contributed by atoms with Crippen LogP contribution in [-0.2, 0) is 11.0 Å². The largest absolute Gasteiger partial charge is 0.479 e. The first-order valence-corrected chi connectivity index (χ1v) is 7.07. The summed E-state index contributed by atoms with van der Waals surface area (Å²) in [5.41, 5.74) is 2.35. The summed E-state index contributed by atoms with van der Waals surface area (Å²) in [6.07, 6.45) is -3.25. The second-order valence-electron chi connectivity index (χ2n) is 4.97. The number of carboxylic acid groups (broad SMARTS) is 1. The first-order chi connectivity index (χ1) is 11.8. The number of alkyl halides is 3. The Labute approximate surface area is 141 Å². The smallest absolute Gasteiger partial charge is 0.417 e. The molecular weight excluding hydrogens is 339 g/mol. The summed E-state index contributed by atoms with van der Waals surface area (Å²) in [6, 6.07) is 8.53. The molecular formula is C16H14F3N3O3. The summed E-state index contributed by atoms with van der Waals surface area (Å²) in [4.78, 5) is 14.3. The number of aromatic nitrogens is 1. The third-order valence-electron chi connectivity index (χ3n) is 3.02. The number of benzene rings is 1. The molecule has 0 unspecified atom stereocenters. The Kier molecular flexibility index (Phi) is 5.58. The average molecular weight is 353 g/mol. The van der Waals surface area contributed by atoms with Gasteiger partial charge in [-0.2, -0.15) is 18.3 Å². The molecule has 1 atom stereocenters. The van der Waals surface area contributed by atoms with Gasteiger partial charge in [0.1, 0.15) is 11.6 Å². The Morgan fingerprint density at radius 2 is 1.96 bits per heavy atom. The molecule has 25 heavy (non-hydrogen) atoms. The summed E-state index contributed by atoms with van der Waals surface area (Å²) in [5.74, 6) is -0.511. The zero-order valence-electron chi connectivity index (χ0n) is 13.0. The van der Waals surface area contributed by atoms with Gasteiger partial charge in [0.25, 0.3) is 0 Å². The number of hydrogen-bond donors (Lipinski definition) is 2. The van der Waals surface area contributed by atoms with Crippen molar-refractivity contribution in [3.05, 3.63) is 53.7 Å². The molecule has 0 aliphatic heterocycles. The summed E-state index contributed by atoms with van der Waals surface area (Å²) in [5, 5.41) is 12.6. The summed E-state index contributed by atoms with van der Waals surface area (Å²) < 4.78 is 42.4. The van der Waals surface area contributed by atoms with Crippen LogP contribution in [0.1, 0.15) is 18.1 Å². The molecule has 0 aliphatic carbocycles. The number of carbonyl (C=O) groups is 1. The van der Waals surface area contributed by atoms with Gasteiger partial charge in [0.2, 0.25) is 0 Å². The van der Waals surface area contributed by atoms with Crippen LogP contribution in [0.25, 0.3) is 0 Å². The van der Waals surface area contributed by atoms with Crippen molar-refractivity contribution in [2.75, 3.05) is 5.43 Å². The predicted octanol–water partition coefficient (Wildman–Crippen LogP) is 3.40. The van der Waals surface area contributed by atoms with Crippen molar-refractivity contribution in [3.8, 4) is 5.75 Å². The van der Waals surface area contributed by atoms with Gasteiger partial charge in [0.05, 0.1) is 11.8 Å². The van der Waals surface area contributed by atoms with E-state index in [-0.39, 0.29) is 5.82 Å². The lowest BCUT2D eigenvalue weighted by Crippen LogP contribution is -2.22. The minimum absolute atomic E-state index is 0.166. The maximum atomic E-state index is 12.4. The highest BCUT2D eigenvalue weighted by atomic mass is 19.4. The number of rotatable bonds is 6. The molecule has 1 aromatic carbocycles. The molecule has 1 aromatic heterocycles. The summed E-state index contributed by atoms with van der Waals surface area (Å²) >= 11 is 0. The van der Waals surface area contributed by atoms with Crippen LogP contribution in [0.2, 0.25) is 0 Å². The SMILES string of the molecule is C[C@@H](Oc1ccc(/C=N\Nc2ccc(C(F)(F)F)cn2)cc1)C(=O)O. The second-order valence-corrected chi connectivity index (χ2v) is 4.97. The number of ether oxygens (including phenoxy) is 1. The first-order valence-electron chi connectivity index (χ1n) is 7.07. The molecule has 0 saturated carbocycles. The number of anilines is 1. The Balaban J connectivity index is 1.92. The minimum Gasteiger partial charge on any atom is -0.479 e. The predicted molar refractivity (Wildman–Crippen MR) is 84.6 cm³/mol. The maximum absolute atomic E-state index is 12.4. The van der Waals surface area contributed by atoms with Crippen LogP contribution < -0.4 is 10.2 Å². The Morgan fingerprint density at radius 1 is 1.28 bits per heavy atom. The van der Waals surface area contributed by atoms with Crippen molar-refractivity contribution < 1.29 is 27.8 Å². The molecule has 1 heterocycles. The first kappa shape index (κ1) is 18.2. The lowest BCUT2D eigenvalue weighted by atomic mass is 10.2. The molecule has 2 rings (SSSR count). The van der Waals surface area contributed by atoms with Crippen LogP contribution in [0, 0.1) is 0 Å². The van der Waals surface area contributed by atoms with E-state index in [4.69, 9.17) is 9.84 Å². The van der Waals surface area contributed by atoms with Crippen LogP contribution in [-0.4, -0.2) is 28.4 Å². The standard InChI is InChI=1S/C16H14F3N3O3/c1-10(15(23)24)25-13-5-2-11(3-6-13)8-21-22-14-7-4-12(9-20-14)16(17,18)19/h2-10H,1H3,(H,20,22)(H,23,24)/b21-8-/t10-/m1/s1. The monoisotopic (exact) mass is 353 g/mol. The third kappa shape index (κ3) is 5.48. The molecule has 0 amide bonds. The van der Waals surface area contributed by atoms with E-state index in [0.717, 1.165) is 6.07 Å². The number of aliphatic carboxylic acids is 1. The Morgan fingerprint density at radius 3 is 2.48 bits per heavy atom. The zero-order chi connectivity index (χ0) is 18.4. The average Bonchev–Trinajstić information content (AvgIpc) is 2.56. The Bertz CT molecular complexity index is 744. The van der Waals surface area contributed by atoms with E-state index in [9.17, 15) is 18.0 Å². The second kappa shape index (κ2) is 7.65. The fourth-order valence-electron chi connectivity index (χ4n) is 1.69. The molecule has 2 aromatic rings. The highest BCUT2D eigenvalue weighted by Crippen LogP contribution is 2.28. The van der Waals surface area contributed by atoms with Gasteiger partial charge in [-0.3, -0.25) is 5.43 Å². The van der Waals surface area contributed by atoms with E-state index in [1.54, 1.807) is 24.3 Å². The van der Waals surface area contributed by atoms with E-state index in [1.165, 1.54) is 19.2 Å². The van der Waals surface area contributed by atoms with Crippen molar-refractivity contribution >= 4 is 18.0 Å². The number of carboxylic acids is 1. The van der Waals surface area contributed by atoms with E-state index < -0.39 is 23.8 Å². The van der Waals surface area contributed by atoms with Crippen molar-refractivity contribution in [1.29, 1.82) is 0 Å². The normalized spacial score (nSPS) is 12.8. The lowest BCUT2D eigenvalue weighted by molar-refractivity contribution is -0.144. The quantitative estimate of drug-likeness (QED) is 0.614. The molecule has 0 fully saturated rings. The van der Waals surface area contributed by atoms with E-state index in [2.05, 4.69) is 15.5 Å². The van der Waals surface area contributed by atoms with E-state index in [1.807, 2.05) is 0 Å². The number of hydrogen-bond acceptors (Lipinski definition) is 5. The van der Waals surface area contributed by atoms with E-state index >= 15 is 0 Å². The van der Waals surface area contributed by atoms with Crippen LogP contribution >= 0.6 is 0 Å². The van der Waals surface area contributed by atoms with Crippen molar-refractivity contribution in [1.82, 2.24) is 4.98 Å². The molecule has 0 spiro atoms. The van der Waals surface area contributed by atoms with Crippen LogP contribution in [0.3, 0.4) is 0 Å². The van der Waals surface area contributed by atoms with Crippen molar-refractivity contribution in [2.24, 2.45) is 5.10 Å². The fraction of sp³-hybridized carbons (Fsp3) is 0.188. The Hall–Kier alpha value is -3.10. The zero-order valence-corrected chi connectivity index (χ0v) is 13.0. The van der Waals surface area contributed by atoms with Gasteiger partial charge in [0.15, 0.2) is 6.10 Å². The topological polar surface area (TPSA) is 83.8 Å². The molecule has 2 N–H and O–H groups in total. The highest BCUT2D eigenvalue weighted by molar-refractivity contribution is 5.80. The molecule has 132 valence electrons. The summed E-state index contributed by atoms with van der Waals surface area (Å²) in [7, 11) is 0. The van der Waals surface area contributed by atoms with Crippen LogP contribution in [0.4, 0.5) is 19.0 Å². The van der Waals surface area contributed by atoms with Crippen LogP contribution in [0.5, 0.6) is 5.75 Å². The van der Waals surface area contributed by atoms with Gasteiger partial charge < -0.3 is 9.84 Å². The van der Waals surface area contributed by atoms with Gasteiger partial charge in [-0.25, -0.2) is 9.78 Å². The van der Waals surface area contributed by atoms with E-state index in [0.29, 0.717) is 17.5 Å². The highest BCUT2D eigenvalue weighted by Gasteiger charge is 2.30. The molecule has 9 heteroatoms. The number of hydrazone groups is 1. The lowest BCUT2D eigenvalue weighted by Gasteiger charge is -2.09. The maximum Gasteiger partial charge on any atom is 0.417 e. The van der Waals surface area contributed by atoms with Gasteiger partial charge >= 0.3 is 12.1 Å². The number of nitrogens with zero attached hydrogens (tertiary/aromatic N) is 2. The molecule has 0 aliphatic rings. The molecule has 0 radical (unpaired) electrons. The number of nitrogens with one attached hydrogen (secondary N) is 1. The van der Waals surface area contributed by atoms with Gasteiger partial charge in [-0.05, 0) is 48.9 Å². The number of halogens is 3.